The molecule has 0 radical (unpaired) electrons. The molecule has 0 spiro atoms. The molecule has 0 aliphatic carbocycles. The van der Waals surface area contributed by atoms with Gasteiger partial charge in [-0.05, 0) is 67.0 Å². The number of aryl methyl sites for hydroxylation is 2. The average molecular weight is 363 g/mol. The van der Waals surface area contributed by atoms with E-state index in [9.17, 15) is 4.79 Å². The lowest BCUT2D eigenvalue weighted by Crippen LogP contribution is -2.37. The normalized spacial score (nSPS) is 10.1. The van der Waals surface area contributed by atoms with Gasteiger partial charge in [-0.15, -0.1) is 0 Å². The number of carbonyl (C=O) groups is 1. The second-order valence-electron chi connectivity index (χ2n) is 5.25. The van der Waals surface area contributed by atoms with Crippen LogP contribution in [0.4, 0.5) is 5.69 Å². The number of halogens is 1. The number of ether oxygens (including phenoxy) is 1. The van der Waals surface area contributed by atoms with Crippen molar-refractivity contribution in [1.82, 2.24) is 5.32 Å². The molecular formula is C18H19ClN2O2S. The Morgan fingerprint density at radius 2 is 1.92 bits per heavy atom. The van der Waals surface area contributed by atoms with E-state index in [1.54, 1.807) is 18.2 Å². The first-order valence-electron chi connectivity index (χ1n) is 7.56. The topological polar surface area (TPSA) is 50.4 Å². The van der Waals surface area contributed by atoms with E-state index < -0.39 is 0 Å². The molecule has 4 nitrogen and oxygen atoms in total. The molecule has 126 valence electrons. The van der Waals surface area contributed by atoms with Crippen LogP contribution in [0.1, 0.15) is 18.1 Å². The van der Waals surface area contributed by atoms with E-state index in [0.29, 0.717) is 10.8 Å². The number of benzene rings is 2. The third-order valence-corrected chi connectivity index (χ3v) is 3.81. The number of hydrogen-bond acceptors (Lipinski definition) is 3. The van der Waals surface area contributed by atoms with E-state index >= 15 is 0 Å². The van der Waals surface area contributed by atoms with Crippen LogP contribution in [0.2, 0.25) is 5.02 Å². The Balaban J connectivity index is 1.81. The van der Waals surface area contributed by atoms with Crippen molar-refractivity contribution < 1.29 is 9.53 Å². The van der Waals surface area contributed by atoms with Crippen molar-refractivity contribution in [3.05, 3.63) is 58.6 Å². The Morgan fingerprint density at radius 1 is 1.21 bits per heavy atom. The Hall–Kier alpha value is -2.11. The molecule has 2 aromatic rings. The fourth-order valence-corrected chi connectivity index (χ4v) is 2.53. The summed E-state index contributed by atoms with van der Waals surface area (Å²) in [4.78, 5) is 11.9. The van der Waals surface area contributed by atoms with Crippen molar-refractivity contribution >= 4 is 40.5 Å². The lowest BCUT2D eigenvalue weighted by Gasteiger charge is -2.12. The molecule has 0 atom stereocenters. The summed E-state index contributed by atoms with van der Waals surface area (Å²) >= 11 is 11.0. The SMILES string of the molecule is CCc1ccc(NC(=S)NC(=O)COc2ccc(Cl)cc2C)cc1. The Bertz CT molecular complexity index is 732. The van der Waals surface area contributed by atoms with Gasteiger partial charge in [-0.25, -0.2) is 0 Å². The first-order chi connectivity index (χ1) is 11.5. The molecule has 0 saturated heterocycles. The van der Waals surface area contributed by atoms with Gasteiger partial charge in [0, 0.05) is 10.7 Å². The van der Waals surface area contributed by atoms with Crippen LogP contribution in [0.5, 0.6) is 5.75 Å². The van der Waals surface area contributed by atoms with Crippen molar-refractivity contribution in [2.45, 2.75) is 20.3 Å². The van der Waals surface area contributed by atoms with E-state index in [0.717, 1.165) is 17.7 Å². The average Bonchev–Trinajstić information content (AvgIpc) is 2.54. The molecule has 24 heavy (non-hydrogen) atoms. The molecule has 0 heterocycles. The summed E-state index contributed by atoms with van der Waals surface area (Å²) in [5.74, 6) is 0.288. The molecule has 0 unspecified atom stereocenters. The molecule has 0 fully saturated rings. The number of amides is 1. The molecule has 2 aromatic carbocycles. The molecule has 0 aliphatic rings. The quantitative estimate of drug-likeness (QED) is 0.786. The maximum atomic E-state index is 11.9. The lowest BCUT2D eigenvalue weighted by molar-refractivity contribution is -0.121. The van der Waals surface area contributed by atoms with Gasteiger partial charge in [-0.1, -0.05) is 30.7 Å². The molecule has 2 N–H and O–H groups in total. The fourth-order valence-electron chi connectivity index (χ4n) is 2.07. The van der Waals surface area contributed by atoms with Crippen LogP contribution in [0.3, 0.4) is 0 Å². The zero-order valence-electron chi connectivity index (χ0n) is 13.6. The van der Waals surface area contributed by atoms with Crippen molar-refractivity contribution in [3.63, 3.8) is 0 Å². The van der Waals surface area contributed by atoms with Gasteiger partial charge in [0.2, 0.25) is 0 Å². The molecule has 1 amide bonds. The molecule has 0 aliphatic heterocycles. The monoisotopic (exact) mass is 362 g/mol. The summed E-state index contributed by atoms with van der Waals surface area (Å²) in [6, 6.07) is 13.1. The summed E-state index contributed by atoms with van der Waals surface area (Å²) in [6.07, 6.45) is 0.975. The second-order valence-corrected chi connectivity index (χ2v) is 6.10. The van der Waals surface area contributed by atoms with Crippen molar-refractivity contribution in [3.8, 4) is 5.75 Å². The number of thiocarbonyl (C=S) groups is 1. The van der Waals surface area contributed by atoms with Crippen molar-refractivity contribution in [1.29, 1.82) is 0 Å². The van der Waals surface area contributed by atoms with Gasteiger partial charge < -0.3 is 10.1 Å². The highest BCUT2D eigenvalue weighted by Gasteiger charge is 2.07. The predicted octanol–water partition coefficient (Wildman–Crippen LogP) is 4.10. The highest BCUT2D eigenvalue weighted by Crippen LogP contribution is 2.21. The third kappa shape index (κ3) is 5.51. The van der Waals surface area contributed by atoms with Gasteiger partial charge in [-0.3, -0.25) is 10.1 Å². The van der Waals surface area contributed by atoms with E-state index in [2.05, 4.69) is 17.6 Å². The predicted molar refractivity (Wildman–Crippen MR) is 102 cm³/mol. The summed E-state index contributed by atoms with van der Waals surface area (Å²) < 4.78 is 5.48. The Morgan fingerprint density at radius 3 is 2.54 bits per heavy atom. The zero-order valence-corrected chi connectivity index (χ0v) is 15.1. The van der Waals surface area contributed by atoms with Crippen LogP contribution in [0.25, 0.3) is 0 Å². The highest BCUT2D eigenvalue weighted by atomic mass is 35.5. The standard InChI is InChI=1S/C18H19ClN2O2S/c1-3-13-4-7-15(8-5-13)20-18(24)21-17(22)11-23-16-9-6-14(19)10-12(16)2/h4-10H,3,11H2,1-2H3,(H2,20,21,22,24). The molecule has 2 rings (SSSR count). The third-order valence-electron chi connectivity index (χ3n) is 3.37. The van der Waals surface area contributed by atoms with Gasteiger partial charge in [0.25, 0.3) is 5.91 Å². The Kier molecular flexibility index (Phi) is 6.58. The zero-order chi connectivity index (χ0) is 17.5. The number of carbonyl (C=O) groups excluding carboxylic acids is 1. The molecule has 0 saturated carbocycles. The van der Waals surface area contributed by atoms with Crippen LogP contribution < -0.4 is 15.4 Å². The first kappa shape index (κ1) is 18.2. The number of anilines is 1. The maximum Gasteiger partial charge on any atom is 0.264 e. The number of hydrogen-bond donors (Lipinski definition) is 2. The Labute approximate surface area is 152 Å². The van der Waals surface area contributed by atoms with E-state index in [4.69, 9.17) is 28.6 Å². The van der Waals surface area contributed by atoms with Crippen LogP contribution in [-0.4, -0.2) is 17.6 Å². The summed E-state index contributed by atoms with van der Waals surface area (Å²) in [7, 11) is 0. The van der Waals surface area contributed by atoms with Crippen LogP contribution in [-0.2, 0) is 11.2 Å². The van der Waals surface area contributed by atoms with E-state index in [-0.39, 0.29) is 17.6 Å². The minimum atomic E-state index is -0.327. The van der Waals surface area contributed by atoms with E-state index in [1.165, 1.54) is 5.56 Å². The second kappa shape index (κ2) is 8.66. The summed E-state index contributed by atoms with van der Waals surface area (Å²) in [6.45, 7) is 3.83. The van der Waals surface area contributed by atoms with Crippen LogP contribution in [0, 0.1) is 6.92 Å². The summed E-state index contributed by atoms with van der Waals surface area (Å²) in [5, 5.41) is 6.42. The van der Waals surface area contributed by atoms with Gasteiger partial charge in [-0.2, -0.15) is 0 Å². The maximum absolute atomic E-state index is 11.9. The summed E-state index contributed by atoms with van der Waals surface area (Å²) in [5.41, 5.74) is 2.93. The number of nitrogens with one attached hydrogen (secondary N) is 2. The van der Waals surface area contributed by atoms with E-state index in [1.807, 2.05) is 31.2 Å². The first-order valence-corrected chi connectivity index (χ1v) is 8.35. The highest BCUT2D eigenvalue weighted by molar-refractivity contribution is 7.80. The minimum Gasteiger partial charge on any atom is -0.483 e. The lowest BCUT2D eigenvalue weighted by atomic mass is 10.1. The number of rotatable bonds is 5. The van der Waals surface area contributed by atoms with Gasteiger partial charge >= 0.3 is 0 Å². The molecule has 0 aromatic heterocycles. The minimum absolute atomic E-state index is 0.126. The van der Waals surface area contributed by atoms with Crippen molar-refractivity contribution in [2.75, 3.05) is 11.9 Å². The molecule has 0 bridgehead atoms. The van der Waals surface area contributed by atoms with Crippen LogP contribution in [0.15, 0.2) is 42.5 Å². The van der Waals surface area contributed by atoms with Gasteiger partial charge in [0.1, 0.15) is 5.75 Å². The van der Waals surface area contributed by atoms with Crippen molar-refractivity contribution in [2.24, 2.45) is 0 Å². The van der Waals surface area contributed by atoms with Gasteiger partial charge in [0.15, 0.2) is 11.7 Å². The van der Waals surface area contributed by atoms with Crippen LogP contribution >= 0.6 is 23.8 Å². The molecular weight excluding hydrogens is 344 g/mol. The fraction of sp³-hybridized carbons (Fsp3) is 0.222. The smallest absolute Gasteiger partial charge is 0.264 e. The largest absolute Gasteiger partial charge is 0.483 e. The molecule has 6 heteroatoms. The van der Waals surface area contributed by atoms with Gasteiger partial charge in [0.05, 0.1) is 0 Å².